The number of allylic oxidation sites excluding steroid dienone is 1. The molecule has 0 radical (unpaired) electrons. The Morgan fingerprint density at radius 1 is 1.03 bits per heavy atom. The summed E-state index contributed by atoms with van der Waals surface area (Å²) in [6.45, 7) is 1.85. The van der Waals surface area contributed by atoms with Crippen molar-refractivity contribution in [2.24, 2.45) is 11.7 Å². The first-order valence-electron chi connectivity index (χ1n) is 12.8. The second kappa shape index (κ2) is 13.5. The van der Waals surface area contributed by atoms with Crippen molar-refractivity contribution in [3.63, 3.8) is 0 Å². The van der Waals surface area contributed by atoms with Crippen molar-refractivity contribution < 1.29 is 19.2 Å². The van der Waals surface area contributed by atoms with Gasteiger partial charge in [0.2, 0.25) is 5.91 Å². The van der Waals surface area contributed by atoms with Crippen LogP contribution in [-0.2, 0) is 38.6 Å². The Labute approximate surface area is 223 Å². The van der Waals surface area contributed by atoms with Crippen LogP contribution in [0.25, 0.3) is 0 Å². The van der Waals surface area contributed by atoms with Crippen LogP contribution in [0.4, 0.5) is 0 Å². The molecule has 4 atom stereocenters. The van der Waals surface area contributed by atoms with E-state index in [0.29, 0.717) is 18.5 Å². The molecule has 2 heterocycles. The number of rotatable bonds is 12. The van der Waals surface area contributed by atoms with E-state index in [2.05, 4.69) is 27.9 Å². The monoisotopic (exact) mass is 514 g/mol. The SMILES string of the molecule is CC(CC(=O)OCc1ccccn1)[C@H](N)C(=O)NC(Cc1ccccc1)C1C=C(Cc2ccccc2)NO1. The van der Waals surface area contributed by atoms with E-state index in [1.165, 1.54) is 0 Å². The molecule has 8 heteroatoms. The van der Waals surface area contributed by atoms with Crippen LogP contribution in [0.2, 0.25) is 0 Å². The van der Waals surface area contributed by atoms with Crippen LogP contribution in [0.3, 0.4) is 0 Å². The average molecular weight is 515 g/mol. The lowest BCUT2D eigenvalue weighted by atomic mass is 9.96. The number of esters is 1. The minimum Gasteiger partial charge on any atom is -0.459 e. The van der Waals surface area contributed by atoms with Crippen molar-refractivity contribution in [2.45, 2.75) is 51.0 Å². The summed E-state index contributed by atoms with van der Waals surface area (Å²) >= 11 is 0. The first-order chi connectivity index (χ1) is 18.5. The smallest absolute Gasteiger partial charge is 0.306 e. The van der Waals surface area contributed by atoms with Gasteiger partial charge in [-0.3, -0.25) is 24.9 Å². The minimum absolute atomic E-state index is 0.0212. The van der Waals surface area contributed by atoms with Gasteiger partial charge >= 0.3 is 5.97 Å². The fourth-order valence-corrected chi connectivity index (χ4v) is 4.26. The van der Waals surface area contributed by atoms with Crippen LogP contribution < -0.4 is 16.5 Å². The van der Waals surface area contributed by atoms with E-state index in [4.69, 9.17) is 15.3 Å². The number of pyridine rings is 1. The Bertz CT molecular complexity index is 1200. The lowest BCUT2D eigenvalue weighted by Gasteiger charge is -2.26. The molecule has 198 valence electrons. The number of ether oxygens (including phenoxy) is 1. The third-order valence-electron chi connectivity index (χ3n) is 6.46. The van der Waals surface area contributed by atoms with E-state index < -0.39 is 17.9 Å². The van der Waals surface area contributed by atoms with Crippen LogP contribution in [0.5, 0.6) is 0 Å². The van der Waals surface area contributed by atoms with Gasteiger partial charge in [-0.2, -0.15) is 0 Å². The van der Waals surface area contributed by atoms with E-state index in [0.717, 1.165) is 16.8 Å². The summed E-state index contributed by atoms with van der Waals surface area (Å²) in [6.07, 6.45) is 4.53. The Balaban J connectivity index is 1.36. The van der Waals surface area contributed by atoms with Crippen LogP contribution in [0, 0.1) is 5.92 Å². The average Bonchev–Trinajstić information content (AvgIpc) is 3.41. The number of carbonyl (C=O) groups is 2. The standard InChI is InChI=1S/C30H34N4O4/c1-21(16-28(35)37-20-24-14-8-9-15-32-24)29(31)30(36)33-26(18-23-12-6-3-7-13-23)27-19-25(34-38-27)17-22-10-4-2-5-11-22/h2-15,19,21,26-27,29,34H,16-18,20,31H2,1H3,(H,33,36)/t21?,26?,27?,29-/m0/s1. The van der Waals surface area contributed by atoms with Gasteiger partial charge in [0.25, 0.3) is 0 Å². The molecule has 0 aliphatic carbocycles. The minimum atomic E-state index is -0.891. The quantitative estimate of drug-likeness (QED) is 0.318. The molecule has 3 aromatic rings. The molecule has 0 bridgehead atoms. The molecule has 38 heavy (non-hydrogen) atoms. The summed E-state index contributed by atoms with van der Waals surface area (Å²) in [7, 11) is 0. The number of amides is 1. The number of hydroxylamine groups is 1. The van der Waals surface area contributed by atoms with Crippen molar-refractivity contribution in [1.29, 1.82) is 0 Å². The Hall–Kier alpha value is -4.01. The van der Waals surface area contributed by atoms with Crippen LogP contribution in [0.1, 0.15) is 30.2 Å². The topological polar surface area (TPSA) is 116 Å². The van der Waals surface area contributed by atoms with E-state index in [9.17, 15) is 9.59 Å². The second-order valence-electron chi connectivity index (χ2n) is 9.53. The number of nitrogens with two attached hydrogens (primary N) is 1. The third kappa shape index (κ3) is 7.99. The molecular formula is C30H34N4O4. The van der Waals surface area contributed by atoms with Gasteiger partial charge in [-0.25, -0.2) is 0 Å². The number of carbonyl (C=O) groups excluding carboxylic acids is 2. The molecule has 1 aliphatic rings. The molecule has 2 aromatic carbocycles. The first kappa shape index (κ1) is 27.0. The Morgan fingerprint density at radius 2 is 1.71 bits per heavy atom. The molecule has 0 spiro atoms. The molecule has 0 saturated carbocycles. The second-order valence-corrected chi connectivity index (χ2v) is 9.53. The maximum atomic E-state index is 13.2. The third-order valence-corrected chi connectivity index (χ3v) is 6.46. The fraction of sp³-hybridized carbons (Fsp3) is 0.300. The fourth-order valence-electron chi connectivity index (χ4n) is 4.26. The molecule has 0 fully saturated rings. The molecule has 8 nitrogen and oxygen atoms in total. The van der Waals surface area contributed by atoms with Crippen molar-refractivity contribution in [2.75, 3.05) is 0 Å². The molecular weight excluding hydrogens is 480 g/mol. The van der Waals surface area contributed by atoms with Crippen LogP contribution in [0.15, 0.2) is 96.8 Å². The summed E-state index contributed by atoms with van der Waals surface area (Å²) < 4.78 is 5.31. The highest BCUT2D eigenvalue weighted by atomic mass is 16.7. The number of nitrogens with one attached hydrogen (secondary N) is 2. The van der Waals surface area contributed by atoms with Gasteiger partial charge < -0.3 is 15.8 Å². The summed E-state index contributed by atoms with van der Waals surface area (Å²) in [6, 6.07) is 24.1. The molecule has 1 amide bonds. The van der Waals surface area contributed by atoms with Gasteiger partial charge in [-0.05, 0) is 41.7 Å². The highest BCUT2D eigenvalue weighted by Gasteiger charge is 2.31. The van der Waals surface area contributed by atoms with Crippen molar-refractivity contribution in [3.8, 4) is 0 Å². The molecule has 1 aromatic heterocycles. The number of benzene rings is 2. The lowest BCUT2D eigenvalue weighted by Crippen LogP contribution is -2.52. The van der Waals surface area contributed by atoms with Gasteiger partial charge in [0.15, 0.2) is 0 Å². The van der Waals surface area contributed by atoms with Crippen molar-refractivity contribution in [3.05, 3.63) is 114 Å². The van der Waals surface area contributed by atoms with E-state index >= 15 is 0 Å². The maximum absolute atomic E-state index is 13.2. The van der Waals surface area contributed by atoms with Gasteiger partial charge in [0.05, 0.1) is 24.2 Å². The molecule has 4 rings (SSSR count). The zero-order valence-electron chi connectivity index (χ0n) is 21.5. The zero-order valence-corrected chi connectivity index (χ0v) is 21.5. The molecule has 3 unspecified atom stereocenters. The normalized spacial score (nSPS) is 17.0. The number of hydrogen-bond donors (Lipinski definition) is 3. The predicted octanol–water partition coefficient (Wildman–Crippen LogP) is 3.24. The summed E-state index contributed by atoms with van der Waals surface area (Å²) in [5.74, 6) is -1.19. The van der Waals surface area contributed by atoms with Gasteiger partial charge in [-0.1, -0.05) is 73.7 Å². The number of hydrogen-bond acceptors (Lipinski definition) is 7. The van der Waals surface area contributed by atoms with E-state index in [-0.39, 0.29) is 31.1 Å². The summed E-state index contributed by atoms with van der Waals surface area (Å²) in [4.78, 5) is 35.5. The Kier molecular flexibility index (Phi) is 9.61. The zero-order chi connectivity index (χ0) is 26.7. The highest BCUT2D eigenvalue weighted by molar-refractivity contribution is 5.83. The van der Waals surface area contributed by atoms with Gasteiger partial charge in [-0.15, -0.1) is 0 Å². The van der Waals surface area contributed by atoms with E-state index in [1.54, 1.807) is 25.3 Å². The highest BCUT2D eigenvalue weighted by Crippen LogP contribution is 2.19. The molecule has 0 saturated heterocycles. The summed E-state index contributed by atoms with van der Waals surface area (Å²) in [5, 5.41) is 3.07. The number of aromatic nitrogens is 1. The van der Waals surface area contributed by atoms with Crippen LogP contribution >= 0.6 is 0 Å². The predicted molar refractivity (Wildman–Crippen MR) is 144 cm³/mol. The molecule has 1 aliphatic heterocycles. The van der Waals surface area contributed by atoms with Gasteiger partial charge in [0, 0.05) is 18.3 Å². The maximum Gasteiger partial charge on any atom is 0.306 e. The largest absolute Gasteiger partial charge is 0.459 e. The molecule has 4 N–H and O–H groups in total. The van der Waals surface area contributed by atoms with Crippen LogP contribution in [-0.4, -0.2) is 35.0 Å². The summed E-state index contributed by atoms with van der Waals surface area (Å²) in [5.41, 5.74) is 13.1. The van der Waals surface area contributed by atoms with Crippen molar-refractivity contribution >= 4 is 11.9 Å². The van der Waals surface area contributed by atoms with E-state index in [1.807, 2.05) is 60.7 Å². The van der Waals surface area contributed by atoms with Crippen molar-refractivity contribution in [1.82, 2.24) is 15.8 Å². The Morgan fingerprint density at radius 3 is 2.39 bits per heavy atom. The first-order valence-corrected chi connectivity index (χ1v) is 12.8. The van der Waals surface area contributed by atoms with Gasteiger partial charge in [0.1, 0.15) is 12.7 Å². The lowest BCUT2D eigenvalue weighted by molar-refractivity contribution is -0.146. The number of nitrogens with zero attached hydrogens (tertiary/aromatic N) is 1.